The monoisotopic (exact) mass is 344 g/mol. The summed E-state index contributed by atoms with van der Waals surface area (Å²) in [6, 6.07) is 0.281. The van der Waals surface area contributed by atoms with E-state index in [1.807, 2.05) is 18.7 Å². The third-order valence-corrected chi connectivity index (χ3v) is 5.60. The molecule has 3 rings (SSSR count). The van der Waals surface area contributed by atoms with Crippen LogP contribution in [0.3, 0.4) is 0 Å². The van der Waals surface area contributed by atoms with Gasteiger partial charge in [-0.25, -0.2) is 4.98 Å². The molecule has 0 radical (unpaired) electrons. The maximum absolute atomic E-state index is 12.7. The van der Waals surface area contributed by atoms with Crippen molar-refractivity contribution in [2.45, 2.75) is 58.4 Å². The first kappa shape index (κ1) is 18.2. The van der Waals surface area contributed by atoms with Crippen LogP contribution in [0, 0.1) is 0 Å². The summed E-state index contributed by atoms with van der Waals surface area (Å²) in [4.78, 5) is 22.0. The van der Waals surface area contributed by atoms with Crippen LogP contribution in [0.5, 0.6) is 0 Å². The highest BCUT2D eigenvalue weighted by atomic mass is 16.2. The van der Waals surface area contributed by atoms with Crippen LogP contribution in [0.1, 0.15) is 62.8 Å². The van der Waals surface area contributed by atoms with Crippen LogP contribution in [-0.2, 0) is 24.7 Å². The second-order valence-electron chi connectivity index (χ2n) is 7.62. The fourth-order valence-electron chi connectivity index (χ4n) is 4.29. The Morgan fingerprint density at radius 3 is 2.76 bits per heavy atom. The molecule has 138 valence electrons. The molecule has 1 fully saturated rings. The van der Waals surface area contributed by atoms with E-state index in [0.717, 1.165) is 44.3 Å². The van der Waals surface area contributed by atoms with Crippen molar-refractivity contribution in [1.29, 1.82) is 0 Å². The summed E-state index contributed by atoms with van der Waals surface area (Å²) in [5.41, 5.74) is 3.74. The van der Waals surface area contributed by atoms with Crippen molar-refractivity contribution in [3.05, 3.63) is 29.4 Å². The van der Waals surface area contributed by atoms with Crippen LogP contribution in [0.4, 0.5) is 0 Å². The summed E-state index contributed by atoms with van der Waals surface area (Å²) in [5, 5.41) is 0. The van der Waals surface area contributed by atoms with Gasteiger partial charge in [0.15, 0.2) is 0 Å². The summed E-state index contributed by atoms with van der Waals surface area (Å²) in [5.74, 6) is 1.37. The molecule has 0 N–H and O–H groups in total. The van der Waals surface area contributed by atoms with Gasteiger partial charge in [-0.3, -0.25) is 9.69 Å². The van der Waals surface area contributed by atoms with Crippen molar-refractivity contribution in [3.63, 3.8) is 0 Å². The lowest BCUT2D eigenvalue weighted by atomic mass is 10.0. The highest BCUT2D eigenvalue weighted by Crippen LogP contribution is 2.33. The average molecular weight is 345 g/mol. The largest absolute Gasteiger partial charge is 0.338 e. The van der Waals surface area contributed by atoms with E-state index in [9.17, 15) is 4.79 Å². The molecule has 1 unspecified atom stereocenters. The number of hydrogen-bond donors (Lipinski definition) is 0. The van der Waals surface area contributed by atoms with Gasteiger partial charge in [0.05, 0.1) is 18.3 Å². The van der Waals surface area contributed by atoms with Gasteiger partial charge in [0, 0.05) is 25.8 Å². The Bertz CT molecular complexity index is 648. The Balaban J connectivity index is 1.74. The molecule has 0 bridgehead atoms. The second kappa shape index (κ2) is 7.73. The van der Waals surface area contributed by atoms with Crippen molar-refractivity contribution in [2.75, 3.05) is 26.2 Å². The van der Waals surface area contributed by atoms with Crippen LogP contribution in [0.2, 0.25) is 0 Å². The number of likely N-dealkylation sites (N-methyl/N-ethyl adjacent to an activating group) is 1. The van der Waals surface area contributed by atoms with Gasteiger partial charge in [-0.2, -0.15) is 0 Å². The number of carbonyl (C=O) groups excluding carboxylic acids is 1. The number of hydrogen-bond acceptors (Lipinski definition) is 3. The standard InChI is InChI=1S/C20H32N4O/c1-5-23(13-15(2)3)19(25)14-24-12-8-11-18(24)20-21-16-9-6-7-10-17(16)22(20)4/h18H,2,5-14H2,1,3-4H3. The molecule has 1 saturated heterocycles. The zero-order valence-corrected chi connectivity index (χ0v) is 16.1. The Morgan fingerprint density at radius 2 is 2.08 bits per heavy atom. The van der Waals surface area contributed by atoms with Crippen molar-refractivity contribution in [3.8, 4) is 0 Å². The van der Waals surface area contributed by atoms with Gasteiger partial charge in [-0.1, -0.05) is 12.2 Å². The maximum atomic E-state index is 12.7. The minimum Gasteiger partial charge on any atom is -0.338 e. The van der Waals surface area contributed by atoms with Crippen LogP contribution in [-0.4, -0.2) is 51.4 Å². The summed E-state index contributed by atoms with van der Waals surface area (Å²) in [7, 11) is 2.16. The summed E-state index contributed by atoms with van der Waals surface area (Å²) in [6.45, 7) is 10.8. The molecule has 0 aromatic carbocycles. The Morgan fingerprint density at radius 1 is 1.32 bits per heavy atom. The zero-order chi connectivity index (χ0) is 18.0. The second-order valence-corrected chi connectivity index (χ2v) is 7.62. The molecular formula is C20H32N4O. The fourth-order valence-corrected chi connectivity index (χ4v) is 4.29. The molecular weight excluding hydrogens is 312 g/mol. The zero-order valence-electron chi connectivity index (χ0n) is 16.1. The van der Waals surface area contributed by atoms with Crippen molar-refractivity contribution >= 4 is 5.91 Å². The molecule has 0 spiro atoms. The van der Waals surface area contributed by atoms with E-state index in [4.69, 9.17) is 4.98 Å². The van der Waals surface area contributed by atoms with E-state index >= 15 is 0 Å². The molecule has 5 nitrogen and oxygen atoms in total. The first-order valence-corrected chi connectivity index (χ1v) is 9.71. The minimum absolute atomic E-state index is 0.205. The molecule has 2 aliphatic rings. The molecule has 1 aromatic heterocycles. The van der Waals surface area contributed by atoms with Gasteiger partial charge < -0.3 is 9.47 Å². The number of aryl methyl sites for hydroxylation is 1. The molecule has 0 saturated carbocycles. The third-order valence-electron chi connectivity index (χ3n) is 5.60. The Labute approximate surface area is 151 Å². The topological polar surface area (TPSA) is 41.4 Å². The van der Waals surface area contributed by atoms with Crippen molar-refractivity contribution in [1.82, 2.24) is 19.4 Å². The molecule has 5 heteroatoms. The van der Waals surface area contributed by atoms with Gasteiger partial charge >= 0.3 is 0 Å². The lowest BCUT2D eigenvalue weighted by Crippen LogP contribution is -2.41. The summed E-state index contributed by atoms with van der Waals surface area (Å²) >= 11 is 0. The first-order valence-electron chi connectivity index (χ1n) is 9.71. The lowest BCUT2D eigenvalue weighted by Gasteiger charge is -2.28. The SMILES string of the molecule is C=C(C)CN(CC)C(=O)CN1CCCC1c1nc2c(n1C)CCCC2. The minimum atomic E-state index is 0.205. The van der Waals surface area contributed by atoms with Gasteiger partial charge in [-0.15, -0.1) is 0 Å². The molecule has 1 atom stereocenters. The Hall–Kier alpha value is -1.62. The number of likely N-dealkylation sites (tertiary alicyclic amines) is 1. The van der Waals surface area contributed by atoms with Crippen molar-refractivity contribution < 1.29 is 4.79 Å². The van der Waals surface area contributed by atoms with Crippen LogP contribution in [0.25, 0.3) is 0 Å². The molecule has 2 heterocycles. The van der Waals surface area contributed by atoms with E-state index in [2.05, 4.69) is 23.1 Å². The van der Waals surface area contributed by atoms with Gasteiger partial charge in [0.2, 0.25) is 5.91 Å². The van der Waals surface area contributed by atoms with Gasteiger partial charge in [-0.05, 0) is 58.9 Å². The van der Waals surface area contributed by atoms with E-state index in [1.54, 1.807) is 0 Å². The van der Waals surface area contributed by atoms with E-state index in [0.29, 0.717) is 13.1 Å². The number of fused-ring (bicyclic) bond motifs is 1. The summed E-state index contributed by atoms with van der Waals surface area (Å²) in [6.07, 6.45) is 7.02. The van der Waals surface area contributed by atoms with Gasteiger partial charge in [0.1, 0.15) is 5.82 Å². The predicted octanol–water partition coefficient (Wildman–Crippen LogP) is 2.86. The average Bonchev–Trinajstić information content (AvgIpc) is 3.17. The quantitative estimate of drug-likeness (QED) is 0.745. The third kappa shape index (κ3) is 3.81. The fraction of sp³-hybridized carbons (Fsp3) is 0.700. The first-order chi connectivity index (χ1) is 12.0. The molecule has 1 aliphatic carbocycles. The van der Waals surface area contributed by atoms with E-state index < -0.39 is 0 Å². The van der Waals surface area contributed by atoms with Crippen LogP contribution < -0.4 is 0 Å². The normalized spacial score (nSPS) is 20.5. The van der Waals surface area contributed by atoms with Crippen LogP contribution in [0.15, 0.2) is 12.2 Å². The number of imidazole rings is 1. The number of aromatic nitrogens is 2. The maximum Gasteiger partial charge on any atom is 0.237 e. The highest BCUT2D eigenvalue weighted by molar-refractivity contribution is 5.78. The number of nitrogens with zero attached hydrogens (tertiary/aromatic N) is 4. The number of amides is 1. The molecule has 1 amide bonds. The summed E-state index contributed by atoms with van der Waals surface area (Å²) < 4.78 is 2.31. The van der Waals surface area contributed by atoms with Crippen molar-refractivity contribution in [2.24, 2.45) is 7.05 Å². The Kier molecular flexibility index (Phi) is 5.62. The number of carbonyl (C=O) groups is 1. The molecule has 25 heavy (non-hydrogen) atoms. The van der Waals surface area contributed by atoms with Gasteiger partial charge in [0.25, 0.3) is 0 Å². The van der Waals surface area contributed by atoms with E-state index in [1.165, 1.54) is 30.1 Å². The highest BCUT2D eigenvalue weighted by Gasteiger charge is 2.33. The smallest absolute Gasteiger partial charge is 0.237 e. The number of rotatable bonds is 6. The molecule has 1 aromatic rings. The van der Waals surface area contributed by atoms with Crippen LogP contribution >= 0.6 is 0 Å². The molecule has 1 aliphatic heterocycles. The lowest BCUT2D eigenvalue weighted by molar-refractivity contribution is -0.132. The predicted molar refractivity (Wildman–Crippen MR) is 100 cm³/mol. The van der Waals surface area contributed by atoms with E-state index in [-0.39, 0.29) is 11.9 Å².